The molecule has 0 aliphatic rings. The molecule has 0 aliphatic carbocycles. The lowest BCUT2D eigenvalue weighted by Crippen LogP contribution is -1.92. The van der Waals surface area contributed by atoms with Gasteiger partial charge in [-0.2, -0.15) is 0 Å². The molecule has 0 aromatic heterocycles. The summed E-state index contributed by atoms with van der Waals surface area (Å²) in [6.45, 7) is 4.47. The van der Waals surface area contributed by atoms with E-state index in [0.717, 1.165) is 38.5 Å². The normalized spacial score (nSPS) is 12.4. The van der Waals surface area contributed by atoms with Crippen molar-refractivity contribution in [2.24, 2.45) is 0 Å². The maximum absolute atomic E-state index is 10.3. The molecule has 4 nitrogen and oxygen atoms in total. The van der Waals surface area contributed by atoms with Gasteiger partial charge in [0, 0.05) is 12.8 Å². The first kappa shape index (κ1) is 43.0. The highest BCUT2D eigenvalue weighted by atomic mass is 16.4. The Morgan fingerprint density at radius 1 is 0.386 bits per heavy atom. The fraction of sp³-hybridized carbons (Fsp3) is 0.550. The van der Waals surface area contributed by atoms with Crippen molar-refractivity contribution in [2.45, 2.75) is 142 Å². The number of hydrogen-bond donors (Lipinski definition) is 2. The van der Waals surface area contributed by atoms with Crippen LogP contribution in [0.2, 0.25) is 0 Å². The van der Waals surface area contributed by atoms with Gasteiger partial charge in [0.1, 0.15) is 0 Å². The minimum absolute atomic E-state index is 0.202. The lowest BCUT2D eigenvalue weighted by molar-refractivity contribution is -0.138. The highest BCUT2D eigenvalue weighted by Crippen LogP contribution is 2.05. The first-order valence-corrected chi connectivity index (χ1v) is 17.2. The number of aliphatic carboxylic acids is 2. The third-order valence-corrected chi connectivity index (χ3v) is 6.48. The molecule has 0 aromatic carbocycles. The molecule has 4 heteroatoms. The Kier molecular flexibility index (Phi) is 38.9. The van der Waals surface area contributed by atoms with Gasteiger partial charge in [-0.05, 0) is 89.9 Å². The van der Waals surface area contributed by atoms with E-state index in [1.807, 2.05) is 24.3 Å². The Bertz CT molecular complexity index is 868. The highest BCUT2D eigenvalue weighted by molar-refractivity contribution is 5.67. The van der Waals surface area contributed by atoms with Crippen LogP contribution in [-0.4, -0.2) is 22.2 Å². The molecule has 0 radical (unpaired) electrons. The van der Waals surface area contributed by atoms with Gasteiger partial charge in [0.2, 0.25) is 0 Å². The van der Waals surface area contributed by atoms with Crippen LogP contribution in [-0.2, 0) is 9.59 Å². The monoisotopic (exact) mass is 608 g/mol. The summed E-state index contributed by atoms with van der Waals surface area (Å²) in [5.41, 5.74) is 0. The molecule has 0 heterocycles. The fourth-order valence-corrected chi connectivity index (χ4v) is 3.89. The molecule has 0 amide bonds. The maximum Gasteiger partial charge on any atom is 0.303 e. The lowest BCUT2D eigenvalue weighted by atomic mass is 10.1. The van der Waals surface area contributed by atoms with E-state index in [9.17, 15) is 9.59 Å². The lowest BCUT2D eigenvalue weighted by Gasteiger charge is -1.94. The fourth-order valence-electron chi connectivity index (χ4n) is 3.89. The SMILES string of the molecule is CCCCC/C=C/CCCC/C=C/C=C/C=C/CCC(=O)O.CCCCC/C=C\C/C=C\C/C=C\C/C=C\CCCC(=O)O. The first-order valence-electron chi connectivity index (χ1n) is 17.2. The number of carbonyl (C=O) groups is 2. The topological polar surface area (TPSA) is 74.6 Å². The summed E-state index contributed by atoms with van der Waals surface area (Å²) in [5.74, 6) is -1.46. The predicted octanol–water partition coefficient (Wildman–Crippen LogP) is 12.4. The highest BCUT2D eigenvalue weighted by Gasteiger charge is 1.93. The van der Waals surface area contributed by atoms with Gasteiger partial charge in [-0.25, -0.2) is 0 Å². The average Bonchev–Trinajstić information content (AvgIpc) is 3.00. The van der Waals surface area contributed by atoms with Crippen molar-refractivity contribution in [1.82, 2.24) is 0 Å². The van der Waals surface area contributed by atoms with Crippen molar-refractivity contribution in [3.05, 3.63) is 97.2 Å². The molecule has 0 aliphatic heterocycles. The number of carboxylic acids is 2. The van der Waals surface area contributed by atoms with Crippen LogP contribution in [0.3, 0.4) is 0 Å². The molecule has 0 unspecified atom stereocenters. The van der Waals surface area contributed by atoms with Gasteiger partial charge >= 0.3 is 11.9 Å². The van der Waals surface area contributed by atoms with E-state index in [1.54, 1.807) is 0 Å². The van der Waals surface area contributed by atoms with Crippen LogP contribution in [0.1, 0.15) is 142 Å². The van der Waals surface area contributed by atoms with Gasteiger partial charge < -0.3 is 10.2 Å². The summed E-state index contributed by atoms with van der Waals surface area (Å²) >= 11 is 0. The second-order valence-corrected chi connectivity index (χ2v) is 10.8. The van der Waals surface area contributed by atoms with Crippen LogP contribution in [0.4, 0.5) is 0 Å². The second kappa shape index (κ2) is 39.9. The summed E-state index contributed by atoms with van der Waals surface area (Å²) in [6.07, 6.45) is 54.8. The van der Waals surface area contributed by atoms with Gasteiger partial charge in [0.25, 0.3) is 0 Å². The number of rotatable bonds is 28. The van der Waals surface area contributed by atoms with Crippen LogP contribution < -0.4 is 0 Å². The average molecular weight is 609 g/mol. The van der Waals surface area contributed by atoms with Gasteiger partial charge in [-0.15, -0.1) is 0 Å². The van der Waals surface area contributed by atoms with Crippen molar-refractivity contribution < 1.29 is 19.8 Å². The van der Waals surface area contributed by atoms with Crippen LogP contribution in [0, 0.1) is 0 Å². The zero-order valence-electron chi connectivity index (χ0n) is 28.1. The largest absolute Gasteiger partial charge is 0.481 e. The molecule has 0 rings (SSSR count). The molecule has 0 aromatic rings. The third kappa shape index (κ3) is 45.8. The molecule has 0 spiro atoms. The number of allylic oxidation sites excluding steroid dienone is 16. The molecule has 248 valence electrons. The smallest absolute Gasteiger partial charge is 0.303 e. The van der Waals surface area contributed by atoms with Crippen LogP contribution in [0.5, 0.6) is 0 Å². The molecule has 0 atom stereocenters. The minimum atomic E-state index is -0.746. The Morgan fingerprint density at radius 2 is 0.727 bits per heavy atom. The number of hydrogen-bond acceptors (Lipinski definition) is 2. The van der Waals surface area contributed by atoms with Crippen molar-refractivity contribution in [1.29, 1.82) is 0 Å². The summed E-state index contributed by atoms with van der Waals surface area (Å²) < 4.78 is 0. The van der Waals surface area contributed by atoms with E-state index >= 15 is 0 Å². The van der Waals surface area contributed by atoms with Gasteiger partial charge in [0.05, 0.1) is 0 Å². The minimum Gasteiger partial charge on any atom is -0.481 e. The summed E-state index contributed by atoms with van der Waals surface area (Å²) in [5, 5.41) is 17.0. The molecule has 44 heavy (non-hydrogen) atoms. The summed E-state index contributed by atoms with van der Waals surface area (Å²) in [6, 6.07) is 0. The Hall–Kier alpha value is -3.14. The van der Waals surface area contributed by atoms with Crippen molar-refractivity contribution in [3.8, 4) is 0 Å². The molecule has 0 saturated carbocycles. The zero-order valence-corrected chi connectivity index (χ0v) is 28.1. The quantitative estimate of drug-likeness (QED) is 0.0526. The zero-order chi connectivity index (χ0) is 32.6. The first-order chi connectivity index (χ1) is 21.5. The molecular weight excluding hydrogens is 544 g/mol. The molecule has 0 fully saturated rings. The van der Waals surface area contributed by atoms with Gasteiger partial charge in [0.15, 0.2) is 0 Å². The molecule has 0 saturated heterocycles. The van der Waals surface area contributed by atoms with E-state index in [2.05, 4.69) is 86.8 Å². The van der Waals surface area contributed by atoms with Gasteiger partial charge in [-0.3, -0.25) is 9.59 Å². The van der Waals surface area contributed by atoms with Crippen molar-refractivity contribution >= 4 is 11.9 Å². The van der Waals surface area contributed by atoms with E-state index in [0.29, 0.717) is 6.42 Å². The maximum atomic E-state index is 10.3. The standard InChI is InChI=1S/2C20H32O2/c2*1-2-3-4-5-6-7-8-9-10-11-12-13-14-15-16-17-18-19-20(21)22/h6-7,12-17H,2-5,8-11,18-19H2,1H3,(H,21,22);6-7,9-10,12-13,15-16H,2-5,8,11,14,17-19H2,1H3,(H,21,22)/b7-6+,13-12+,15-14+,17-16+;7-6-,10-9-,13-12-,16-15-. The van der Waals surface area contributed by atoms with E-state index in [-0.39, 0.29) is 12.8 Å². The van der Waals surface area contributed by atoms with E-state index < -0.39 is 11.9 Å². The van der Waals surface area contributed by atoms with Crippen LogP contribution in [0.15, 0.2) is 97.2 Å². The van der Waals surface area contributed by atoms with Crippen molar-refractivity contribution in [3.63, 3.8) is 0 Å². The Morgan fingerprint density at radius 3 is 1.16 bits per heavy atom. The molecule has 0 bridgehead atoms. The number of carboxylic acid groups (broad SMARTS) is 2. The second-order valence-electron chi connectivity index (χ2n) is 10.8. The summed E-state index contributed by atoms with van der Waals surface area (Å²) in [7, 11) is 0. The van der Waals surface area contributed by atoms with Crippen molar-refractivity contribution in [2.75, 3.05) is 0 Å². The van der Waals surface area contributed by atoms with Crippen LogP contribution >= 0.6 is 0 Å². The molecular formula is C40H64O4. The predicted molar refractivity (Wildman–Crippen MR) is 192 cm³/mol. The molecule has 2 N–H and O–H groups in total. The van der Waals surface area contributed by atoms with Gasteiger partial charge in [-0.1, -0.05) is 137 Å². The Labute approximate surface area is 270 Å². The summed E-state index contributed by atoms with van der Waals surface area (Å²) in [4.78, 5) is 20.6. The Balaban J connectivity index is 0. The number of unbranched alkanes of at least 4 members (excludes halogenated alkanes) is 10. The van der Waals surface area contributed by atoms with E-state index in [4.69, 9.17) is 10.2 Å². The third-order valence-electron chi connectivity index (χ3n) is 6.48. The van der Waals surface area contributed by atoms with Crippen LogP contribution in [0.25, 0.3) is 0 Å². The van der Waals surface area contributed by atoms with E-state index in [1.165, 1.54) is 70.6 Å².